The van der Waals surface area contributed by atoms with Gasteiger partial charge in [0, 0.05) is 6.07 Å². The molecule has 0 unspecified atom stereocenters. The second-order valence-electron chi connectivity index (χ2n) is 7.08. The maximum atomic E-state index is 6.38. The molecule has 0 amide bonds. The van der Waals surface area contributed by atoms with Crippen LogP contribution >= 0.6 is 0 Å². The number of anilines is 1. The van der Waals surface area contributed by atoms with Crippen LogP contribution in [0.3, 0.4) is 0 Å². The molecular formula is C16H22N2O. The molecule has 3 heteroatoms. The summed E-state index contributed by atoms with van der Waals surface area (Å²) in [6.07, 6.45) is 9.77. The van der Waals surface area contributed by atoms with Crippen LogP contribution in [-0.4, -0.2) is 10.6 Å². The summed E-state index contributed by atoms with van der Waals surface area (Å²) in [5.41, 5.74) is 7.73. The molecule has 0 aliphatic heterocycles. The number of aromatic nitrogens is 1. The molecule has 0 atom stereocenters. The molecule has 3 nitrogen and oxygen atoms in total. The number of nitrogens with two attached hydrogens (primary N) is 1. The van der Waals surface area contributed by atoms with E-state index in [0.29, 0.717) is 0 Å². The monoisotopic (exact) mass is 258 g/mol. The molecule has 5 rings (SSSR count). The van der Waals surface area contributed by atoms with E-state index in [1.54, 1.807) is 6.20 Å². The van der Waals surface area contributed by atoms with Crippen molar-refractivity contribution in [3.8, 4) is 5.88 Å². The van der Waals surface area contributed by atoms with Crippen LogP contribution < -0.4 is 10.5 Å². The van der Waals surface area contributed by atoms with Gasteiger partial charge < -0.3 is 10.5 Å². The van der Waals surface area contributed by atoms with E-state index in [2.05, 4.69) is 4.98 Å². The average Bonchev–Trinajstić information content (AvgIpc) is 2.31. The normalized spacial score (nSPS) is 39.5. The molecule has 4 fully saturated rings. The summed E-state index contributed by atoms with van der Waals surface area (Å²) in [5.74, 6) is 3.48. The quantitative estimate of drug-likeness (QED) is 0.885. The topological polar surface area (TPSA) is 48.1 Å². The molecule has 4 saturated carbocycles. The van der Waals surface area contributed by atoms with Crippen LogP contribution in [-0.2, 0) is 0 Å². The smallest absolute Gasteiger partial charge is 0.214 e. The van der Waals surface area contributed by atoms with Gasteiger partial charge in [-0.1, -0.05) is 0 Å². The number of nitrogen functional groups attached to an aromatic ring is 1. The molecule has 4 aliphatic rings. The van der Waals surface area contributed by atoms with E-state index in [9.17, 15) is 0 Å². The molecular weight excluding hydrogens is 236 g/mol. The van der Waals surface area contributed by atoms with E-state index >= 15 is 0 Å². The lowest BCUT2D eigenvalue weighted by Crippen LogP contribution is -2.53. The highest BCUT2D eigenvalue weighted by Crippen LogP contribution is 2.56. The molecule has 0 radical (unpaired) electrons. The second kappa shape index (κ2) is 3.87. The summed E-state index contributed by atoms with van der Waals surface area (Å²) in [6.45, 7) is 2.02. The Bertz CT molecular complexity index is 476. The third kappa shape index (κ3) is 1.90. The van der Waals surface area contributed by atoms with Gasteiger partial charge in [0.15, 0.2) is 0 Å². The number of pyridine rings is 1. The summed E-state index contributed by atoms with van der Waals surface area (Å²) in [7, 11) is 0. The predicted molar refractivity (Wildman–Crippen MR) is 74.9 cm³/mol. The van der Waals surface area contributed by atoms with Crippen LogP contribution in [0.5, 0.6) is 5.88 Å². The fourth-order valence-electron chi connectivity index (χ4n) is 4.97. The summed E-state index contributed by atoms with van der Waals surface area (Å²) >= 11 is 0. The molecule has 0 aromatic carbocycles. The molecule has 19 heavy (non-hydrogen) atoms. The van der Waals surface area contributed by atoms with Gasteiger partial charge in [0.05, 0.1) is 11.9 Å². The second-order valence-corrected chi connectivity index (χ2v) is 7.08. The van der Waals surface area contributed by atoms with Gasteiger partial charge in [0.1, 0.15) is 5.60 Å². The molecule has 4 bridgehead atoms. The number of aryl methyl sites for hydroxylation is 1. The lowest BCUT2D eigenvalue weighted by molar-refractivity contribution is -0.109. The number of ether oxygens (including phenoxy) is 1. The molecule has 1 aromatic rings. The van der Waals surface area contributed by atoms with Crippen molar-refractivity contribution in [1.82, 2.24) is 4.98 Å². The summed E-state index contributed by atoms with van der Waals surface area (Å²) in [4.78, 5) is 4.37. The van der Waals surface area contributed by atoms with E-state index < -0.39 is 0 Å². The Labute approximate surface area is 114 Å². The number of hydrogen-bond acceptors (Lipinski definition) is 3. The first kappa shape index (κ1) is 11.6. The van der Waals surface area contributed by atoms with Crippen LogP contribution in [0.25, 0.3) is 0 Å². The highest BCUT2D eigenvalue weighted by Gasteiger charge is 2.52. The van der Waals surface area contributed by atoms with Gasteiger partial charge in [-0.25, -0.2) is 4.98 Å². The molecule has 1 aromatic heterocycles. The first-order chi connectivity index (χ1) is 9.12. The van der Waals surface area contributed by atoms with Gasteiger partial charge >= 0.3 is 0 Å². The first-order valence-electron chi connectivity index (χ1n) is 7.53. The van der Waals surface area contributed by atoms with Crippen LogP contribution in [0, 0.1) is 24.7 Å². The zero-order chi connectivity index (χ0) is 13.0. The number of hydrogen-bond donors (Lipinski definition) is 1. The Morgan fingerprint density at radius 1 is 1.16 bits per heavy atom. The maximum Gasteiger partial charge on any atom is 0.214 e. The van der Waals surface area contributed by atoms with E-state index in [1.807, 2.05) is 13.0 Å². The number of rotatable bonds is 2. The summed E-state index contributed by atoms with van der Waals surface area (Å²) in [5, 5.41) is 0. The van der Waals surface area contributed by atoms with Crippen molar-refractivity contribution in [2.75, 3.05) is 5.73 Å². The Hall–Kier alpha value is -1.25. The first-order valence-corrected chi connectivity index (χ1v) is 7.53. The van der Waals surface area contributed by atoms with Crippen molar-refractivity contribution in [3.05, 3.63) is 17.8 Å². The highest BCUT2D eigenvalue weighted by molar-refractivity contribution is 5.45. The molecule has 102 valence electrons. The van der Waals surface area contributed by atoms with Crippen LogP contribution in [0.15, 0.2) is 12.3 Å². The Balaban J connectivity index is 1.60. The standard InChI is InChI=1S/C16H22N2O/c1-10-2-15(18-9-14(10)17)19-16-6-11-3-12(7-16)5-13(4-11)8-16/h2,9,11-13H,3-8,17H2,1H3. The summed E-state index contributed by atoms with van der Waals surface area (Å²) < 4.78 is 6.38. The third-order valence-electron chi connectivity index (χ3n) is 5.43. The van der Waals surface area contributed by atoms with Crippen LogP contribution in [0.4, 0.5) is 5.69 Å². The van der Waals surface area contributed by atoms with Crippen molar-refractivity contribution in [2.45, 2.75) is 51.0 Å². The van der Waals surface area contributed by atoms with Gasteiger partial charge in [0.25, 0.3) is 0 Å². The van der Waals surface area contributed by atoms with Gasteiger partial charge in [-0.15, -0.1) is 0 Å². The van der Waals surface area contributed by atoms with Gasteiger partial charge in [0.2, 0.25) is 5.88 Å². The van der Waals surface area contributed by atoms with Crippen molar-refractivity contribution in [3.63, 3.8) is 0 Å². The van der Waals surface area contributed by atoms with E-state index in [1.165, 1.54) is 38.5 Å². The lowest BCUT2D eigenvalue weighted by atomic mass is 9.54. The Morgan fingerprint density at radius 2 is 1.74 bits per heavy atom. The minimum atomic E-state index is 0.0876. The van der Waals surface area contributed by atoms with Crippen molar-refractivity contribution >= 4 is 5.69 Å². The van der Waals surface area contributed by atoms with E-state index in [4.69, 9.17) is 10.5 Å². The predicted octanol–water partition coefficient (Wildman–Crippen LogP) is 3.32. The van der Waals surface area contributed by atoms with Crippen molar-refractivity contribution < 1.29 is 4.74 Å². The van der Waals surface area contributed by atoms with Crippen LogP contribution in [0.1, 0.15) is 44.1 Å². The van der Waals surface area contributed by atoms with Crippen molar-refractivity contribution in [1.29, 1.82) is 0 Å². The minimum absolute atomic E-state index is 0.0876. The van der Waals surface area contributed by atoms with E-state index in [0.717, 1.165) is 34.9 Å². The highest BCUT2D eigenvalue weighted by atomic mass is 16.5. The zero-order valence-electron chi connectivity index (χ0n) is 11.6. The fraction of sp³-hybridized carbons (Fsp3) is 0.688. The molecule has 0 spiro atoms. The third-order valence-corrected chi connectivity index (χ3v) is 5.43. The number of nitrogens with zero attached hydrogens (tertiary/aromatic N) is 1. The SMILES string of the molecule is Cc1cc(OC23CC4CC(CC(C4)C2)C3)ncc1N. The largest absolute Gasteiger partial charge is 0.471 e. The van der Waals surface area contributed by atoms with E-state index in [-0.39, 0.29) is 5.60 Å². The van der Waals surface area contributed by atoms with Crippen molar-refractivity contribution in [2.24, 2.45) is 17.8 Å². The molecule has 2 N–H and O–H groups in total. The van der Waals surface area contributed by atoms with Crippen LogP contribution in [0.2, 0.25) is 0 Å². The van der Waals surface area contributed by atoms with Gasteiger partial charge in [-0.05, 0) is 68.8 Å². The Kier molecular flexibility index (Phi) is 2.36. The maximum absolute atomic E-state index is 6.38. The molecule has 0 saturated heterocycles. The Morgan fingerprint density at radius 3 is 2.26 bits per heavy atom. The summed E-state index contributed by atoms with van der Waals surface area (Å²) in [6, 6.07) is 1.99. The molecule has 1 heterocycles. The average molecular weight is 258 g/mol. The molecule has 4 aliphatic carbocycles. The van der Waals surface area contributed by atoms with Gasteiger partial charge in [-0.3, -0.25) is 0 Å². The zero-order valence-corrected chi connectivity index (χ0v) is 11.6. The van der Waals surface area contributed by atoms with Gasteiger partial charge in [-0.2, -0.15) is 0 Å². The fourth-order valence-corrected chi connectivity index (χ4v) is 4.97. The lowest BCUT2D eigenvalue weighted by Gasteiger charge is -2.55. The minimum Gasteiger partial charge on any atom is -0.471 e.